The molecule has 0 radical (unpaired) electrons. The van der Waals surface area contributed by atoms with Crippen LogP contribution in [0.25, 0.3) is 6.08 Å². The van der Waals surface area contributed by atoms with Crippen LogP contribution in [0, 0.1) is 5.92 Å². The molecule has 0 spiro atoms. The van der Waals surface area contributed by atoms with E-state index >= 15 is 0 Å². The Hall–Kier alpha value is -1.04. The fourth-order valence-electron chi connectivity index (χ4n) is 3.42. The lowest BCUT2D eigenvalue weighted by Gasteiger charge is -2.25. The lowest BCUT2D eigenvalue weighted by Crippen LogP contribution is -2.16. The third kappa shape index (κ3) is 4.46. The van der Waals surface area contributed by atoms with Crippen LogP contribution in [0.4, 0.5) is 0 Å². The van der Waals surface area contributed by atoms with Gasteiger partial charge in [-0.15, -0.1) is 0 Å². The first-order valence-electron chi connectivity index (χ1n) is 8.82. The molecule has 0 saturated heterocycles. The molecule has 1 aliphatic carbocycles. The van der Waals surface area contributed by atoms with Crippen LogP contribution < -0.4 is 0 Å². The van der Waals surface area contributed by atoms with Gasteiger partial charge in [0.2, 0.25) is 0 Å². The van der Waals surface area contributed by atoms with Gasteiger partial charge in [-0.2, -0.15) is 0 Å². The molecule has 0 nitrogen and oxygen atoms in total. The fourth-order valence-corrected chi connectivity index (χ4v) is 3.42. The molecule has 1 aromatic rings. The van der Waals surface area contributed by atoms with Crippen molar-refractivity contribution in [1.82, 2.24) is 0 Å². The van der Waals surface area contributed by atoms with Crippen molar-refractivity contribution < 1.29 is 0 Å². The molecule has 21 heavy (non-hydrogen) atoms. The van der Waals surface area contributed by atoms with E-state index in [1.807, 2.05) is 6.08 Å². The van der Waals surface area contributed by atoms with Crippen LogP contribution in [0.15, 0.2) is 24.8 Å². The van der Waals surface area contributed by atoms with E-state index in [2.05, 4.69) is 45.5 Å². The quantitative estimate of drug-likeness (QED) is 0.557. The molecule has 1 aromatic carbocycles. The summed E-state index contributed by atoms with van der Waals surface area (Å²) in [4.78, 5) is 0. The maximum absolute atomic E-state index is 3.97. The van der Waals surface area contributed by atoms with Crippen molar-refractivity contribution in [1.29, 1.82) is 0 Å². The average Bonchev–Trinajstić information content (AvgIpc) is 2.53. The molecule has 0 heteroatoms. The molecule has 0 unspecified atom stereocenters. The predicted octanol–water partition coefficient (Wildman–Crippen LogP) is 6.53. The third-order valence-corrected chi connectivity index (χ3v) is 5.48. The minimum atomic E-state index is 0.263. The van der Waals surface area contributed by atoms with E-state index in [9.17, 15) is 0 Å². The highest BCUT2D eigenvalue weighted by atomic mass is 14.2. The van der Waals surface area contributed by atoms with Gasteiger partial charge in [-0.05, 0) is 47.3 Å². The van der Waals surface area contributed by atoms with E-state index in [1.54, 1.807) is 0 Å². The summed E-state index contributed by atoms with van der Waals surface area (Å²) in [5.41, 5.74) is 4.53. The molecule has 1 aliphatic rings. The molecular weight excluding hydrogens is 252 g/mol. The predicted molar refractivity (Wildman–Crippen MR) is 94.7 cm³/mol. The minimum absolute atomic E-state index is 0.263. The van der Waals surface area contributed by atoms with Crippen LogP contribution in [0.2, 0.25) is 0 Å². The first-order valence-corrected chi connectivity index (χ1v) is 8.82. The van der Waals surface area contributed by atoms with Crippen molar-refractivity contribution in [3.8, 4) is 0 Å². The van der Waals surface area contributed by atoms with Gasteiger partial charge in [-0.3, -0.25) is 0 Å². The van der Waals surface area contributed by atoms with Gasteiger partial charge in [-0.1, -0.05) is 83.7 Å². The first kappa shape index (κ1) is 16.3. The van der Waals surface area contributed by atoms with Crippen LogP contribution in [-0.2, 0) is 11.8 Å². The lowest BCUT2D eigenvalue weighted by molar-refractivity contribution is 0.339. The van der Waals surface area contributed by atoms with Crippen molar-refractivity contribution in [2.75, 3.05) is 0 Å². The standard InChI is InChI=1S/C21H32/c1-5-17-14-19(13-12-18-10-8-7-9-11-18)16-20(15-17)21(3,4)6-2/h5,14-16,18H,1,6-13H2,2-4H3. The molecule has 0 aromatic heterocycles. The Morgan fingerprint density at radius 1 is 1.14 bits per heavy atom. The number of benzene rings is 1. The molecule has 0 aliphatic heterocycles. The molecule has 0 heterocycles. The minimum Gasteiger partial charge on any atom is -0.0985 e. The molecule has 0 bridgehead atoms. The van der Waals surface area contributed by atoms with E-state index in [0.717, 1.165) is 5.92 Å². The zero-order valence-corrected chi connectivity index (χ0v) is 14.3. The Morgan fingerprint density at radius 2 is 1.86 bits per heavy atom. The Labute approximate surface area is 131 Å². The monoisotopic (exact) mass is 284 g/mol. The molecule has 1 saturated carbocycles. The van der Waals surface area contributed by atoms with Crippen LogP contribution in [0.3, 0.4) is 0 Å². The van der Waals surface area contributed by atoms with Crippen LogP contribution in [0.1, 0.15) is 82.4 Å². The van der Waals surface area contributed by atoms with E-state index in [-0.39, 0.29) is 5.41 Å². The van der Waals surface area contributed by atoms with Gasteiger partial charge in [0.05, 0.1) is 0 Å². The van der Waals surface area contributed by atoms with E-state index < -0.39 is 0 Å². The summed E-state index contributed by atoms with van der Waals surface area (Å²) in [7, 11) is 0. The van der Waals surface area contributed by atoms with Crippen molar-refractivity contribution in [2.24, 2.45) is 5.92 Å². The summed E-state index contributed by atoms with van der Waals surface area (Å²) in [6, 6.07) is 7.10. The third-order valence-electron chi connectivity index (χ3n) is 5.48. The molecule has 0 atom stereocenters. The maximum Gasteiger partial charge on any atom is -0.0106 e. The van der Waals surface area contributed by atoms with E-state index in [1.165, 1.54) is 68.1 Å². The van der Waals surface area contributed by atoms with Crippen LogP contribution in [0.5, 0.6) is 0 Å². The molecular formula is C21H32. The molecule has 116 valence electrons. The SMILES string of the molecule is C=Cc1cc(CCC2CCCCC2)cc(C(C)(C)CC)c1. The summed E-state index contributed by atoms with van der Waals surface area (Å²) in [5.74, 6) is 0.966. The van der Waals surface area contributed by atoms with Gasteiger partial charge in [0.1, 0.15) is 0 Å². The summed E-state index contributed by atoms with van der Waals surface area (Å²) < 4.78 is 0. The van der Waals surface area contributed by atoms with Crippen LogP contribution >= 0.6 is 0 Å². The highest BCUT2D eigenvalue weighted by Gasteiger charge is 2.19. The van der Waals surface area contributed by atoms with Crippen molar-refractivity contribution in [2.45, 2.75) is 77.6 Å². The highest BCUT2D eigenvalue weighted by molar-refractivity contribution is 5.51. The Bertz CT molecular complexity index is 461. The Morgan fingerprint density at radius 3 is 2.48 bits per heavy atom. The maximum atomic E-state index is 3.97. The van der Waals surface area contributed by atoms with E-state index in [0.29, 0.717) is 0 Å². The first-order chi connectivity index (χ1) is 10.0. The van der Waals surface area contributed by atoms with Gasteiger partial charge in [0.15, 0.2) is 0 Å². The van der Waals surface area contributed by atoms with Crippen LogP contribution in [-0.4, -0.2) is 0 Å². The van der Waals surface area contributed by atoms with Gasteiger partial charge in [-0.25, -0.2) is 0 Å². The highest BCUT2D eigenvalue weighted by Crippen LogP contribution is 2.31. The van der Waals surface area contributed by atoms with Crippen molar-refractivity contribution >= 4 is 6.08 Å². The summed E-state index contributed by atoms with van der Waals surface area (Å²) >= 11 is 0. The molecule has 1 fully saturated rings. The number of hydrogen-bond acceptors (Lipinski definition) is 0. The van der Waals surface area contributed by atoms with Gasteiger partial charge in [0, 0.05) is 0 Å². The second kappa shape index (κ2) is 7.29. The fraction of sp³-hybridized carbons (Fsp3) is 0.619. The Balaban J connectivity index is 2.10. The lowest BCUT2D eigenvalue weighted by atomic mass is 9.80. The van der Waals surface area contributed by atoms with Crippen molar-refractivity contribution in [3.63, 3.8) is 0 Å². The second-order valence-electron chi connectivity index (χ2n) is 7.45. The Kier molecular flexibility index (Phi) is 5.67. The largest absolute Gasteiger partial charge is 0.0985 e. The van der Waals surface area contributed by atoms with Crippen molar-refractivity contribution in [3.05, 3.63) is 41.5 Å². The summed E-state index contributed by atoms with van der Waals surface area (Å²) in [6.45, 7) is 10.9. The zero-order chi connectivity index (χ0) is 15.3. The van der Waals surface area contributed by atoms with Gasteiger partial charge in [0.25, 0.3) is 0 Å². The summed E-state index contributed by atoms with van der Waals surface area (Å²) in [6.07, 6.45) is 13.0. The van der Waals surface area contributed by atoms with Gasteiger partial charge < -0.3 is 0 Å². The molecule has 0 amide bonds. The summed E-state index contributed by atoms with van der Waals surface area (Å²) in [5, 5.41) is 0. The normalized spacial score (nSPS) is 16.9. The number of aryl methyl sites for hydroxylation is 1. The smallest absolute Gasteiger partial charge is 0.0106 e. The topological polar surface area (TPSA) is 0 Å². The zero-order valence-electron chi connectivity index (χ0n) is 14.3. The van der Waals surface area contributed by atoms with Gasteiger partial charge >= 0.3 is 0 Å². The number of rotatable bonds is 6. The average molecular weight is 284 g/mol. The van der Waals surface area contributed by atoms with E-state index in [4.69, 9.17) is 0 Å². The molecule has 2 rings (SSSR count). The number of hydrogen-bond donors (Lipinski definition) is 0. The second-order valence-corrected chi connectivity index (χ2v) is 7.45. The molecule has 0 N–H and O–H groups in total.